The van der Waals surface area contributed by atoms with Gasteiger partial charge in [-0.2, -0.15) is 0 Å². The molecule has 4 aliphatic rings. The van der Waals surface area contributed by atoms with Crippen LogP contribution < -0.4 is 0 Å². The third-order valence-corrected chi connectivity index (χ3v) is 10.5. The minimum atomic E-state index is 0.0354. The van der Waals surface area contributed by atoms with Crippen LogP contribution in [0.2, 0.25) is 0 Å². The third-order valence-electron chi connectivity index (χ3n) is 8.23. The molecule has 0 amide bonds. The van der Waals surface area contributed by atoms with Crippen LogP contribution in [-0.2, 0) is 28.0 Å². The summed E-state index contributed by atoms with van der Waals surface area (Å²) in [5.41, 5.74) is 3.21. The lowest BCUT2D eigenvalue weighted by molar-refractivity contribution is -0.0994. The van der Waals surface area contributed by atoms with Gasteiger partial charge in [0.15, 0.2) is 9.79 Å². The van der Waals surface area contributed by atoms with Gasteiger partial charge in [-0.1, -0.05) is 60.7 Å². The van der Waals surface area contributed by atoms with Gasteiger partial charge in [0.05, 0.1) is 24.1 Å². The Balaban J connectivity index is 1.12. The minimum absolute atomic E-state index is 0.0354. The predicted molar refractivity (Wildman–Crippen MR) is 137 cm³/mol. The molecule has 2 heteroatoms. The third kappa shape index (κ3) is 4.79. The van der Waals surface area contributed by atoms with E-state index >= 15 is 0 Å². The van der Waals surface area contributed by atoms with E-state index in [1.54, 1.807) is 0 Å². The van der Waals surface area contributed by atoms with Crippen molar-refractivity contribution >= 4 is 10.9 Å². The fraction of sp³-hybridized carbons (Fsp3) is 0.419. The maximum absolute atomic E-state index is 6.39. The first-order chi connectivity index (χ1) is 16.2. The van der Waals surface area contributed by atoms with Gasteiger partial charge in [-0.05, 0) is 91.5 Å². The molecule has 0 heterocycles. The predicted octanol–water partition coefficient (Wildman–Crippen LogP) is 7.66. The first kappa shape index (κ1) is 21.5. The molecule has 1 atom stereocenters. The van der Waals surface area contributed by atoms with Gasteiger partial charge in [0, 0.05) is 5.56 Å². The van der Waals surface area contributed by atoms with Gasteiger partial charge >= 0.3 is 0 Å². The van der Waals surface area contributed by atoms with E-state index in [0.717, 1.165) is 36.7 Å². The van der Waals surface area contributed by atoms with Gasteiger partial charge in [0.25, 0.3) is 0 Å². The van der Waals surface area contributed by atoms with Crippen molar-refractivity contribution in [3.63, 3.8) is 0 Å². The maximum Gasteiger partial charge on any atom is 0.161 e. The largest absolute Gasteiger partial charge is 0.376 e. The summed E-state index contributed by atoms with van der Waals surface area (Å²) in [6.07, 6.45) is 8.80. The molecule has 0 radical (unpaired) electrons. The molecule has 0 aromatic heterocycles. The molecule has 4 saturated carbocycles. The van der Waals surface area contributed by atoms with Crippen LogP contribution >= 0.6 is 0 Å². The molecule has 3 aromatic carbocycles. The summed E-state index contributed by atoms with van der Waals surface area (Å²) in [5, 5.41) is 0. The van der Waals surface area contributed by atoms with E-state index in [1.807, 2.05) is 0 Å². The fourth-order valence-corrected chi connectivity index (χ4v) is 9.31. The molecule has 7 rings (SSSR count). The number of benzene rings is 3. The van der Waals surface area contributed by atoms with E-state index in [0.29, 0.717) is 5.41 Å². The lowest BCUT2D eigenvalue weighted by atomic mass is 9.50. The van der Waals surface area contributed by atoms with Crippen molar-refractivity contribution in [3.05, 3.63) is 96.1 Å². The molecule has 0 saturated heterocycles. The Morgan fingerprint density at radius 2 is 1.18 bits per heavy atom. The smallest absolute Gasteiger partial charge is 0.161 e. The molecule has 170 valence electrons. The zero-order valence-electron chi connectivity index (χ0n) is 19.5. The summed E-state index contributed by atoms with van der Waals surface area (Å²) < 4.78 is 6.39. The molecular weight excluding hydrogens is 420 g/mol. The lowest BCUT2D eigenvalue weighted by Gasteiger charge is -2.56. The number of rotatable bonds is 8. The molecule has 1 unspecified atom stereocenters. The van der Waals surface area contributed by atoms with Crippen LogP contribution in [0.4, 0.5) is 0 Å². The van der Waals surface area contributed by atoms with Crippen LogP contribution in [-0.4, -0.2) is 6.61 Å². The standard InChI is InChI=1S/C31H35OS/c1-3-7-25(8-4-1)22-33(29-9-5-2-6-10-29)30-13-11-24(12-14-30)21-32-23-31-18-26-15-27(19-31)17-28(16-26)20-31/h1-14,26-28H,15-23H2/q+1. The topological polar surface area (TPSA) is 9.23 Å². The zero-order valence-corrected chi connectivity index (χ0v) is 20.3. The van der Waals surface area contributed by atoms with E-state index in [2.05, 4.69) is 84.9 Å². The summed E-state index contributed by atoms with van der Waals surface area (Å²) in [6, 6.07) is 31.1. The fourth-order valence-electron chi connectivity index (χ4n) is 7.23. The quantitative estimate of drug-likeness (QED) is 0.317. The SMILES string of the molecule is c1ccc(C[S+](c2ccccc2)c2ccc(COCC34CC5CC(CC(C5)C3)C4)cc2)cc1. The van der Waals surface area contributed by atoms with Crippen molar-refractivity contribution in [1.82, 2.24) is 0 Å². The maximum atomic E-state index is 6.39. The van der Waals surface area contributed by atoms with Gasteiger partial charge in [-0.3, -0.25) is 0 Å². The van der Waals surface area contributed by atoms with Crippen LogP contribution in [0.15, 0.2) is 94.7 Å². The first-order valence-corrected chi connectivity index (χ1v) is 14.1. The number of hydrogen-bond donors (Lipinski definition) is 0. The highest BCUT2D eigenvalue weighted by atomic mass is 32.2. The van der Waals surface area contributed by atoms with Gasteiger partial charge in [0.2, 0.25) is 0 Å². The molecule has 1 nitrogen and oxygen atoms in total. The van der Waals surface area contributed by atoms with Gasteiger partial charge in [-0.15, -0.1) is 0 Å². The van der Waals surface area contributed by atoms with Crippen molar-refractivity contribution in [1.29, 1.82) is 0 Å². The second-order valence-electron chi connectivity index (χ2n) is 10.9. The molecule has 4 bridgehead atoms. The highest BCUT2D eigenvalue weighted by Crippen LogP contribution is 2.60. The highest BCUT2D eigenvalue weighted by Gasteiger charge is 2.50. The minimum Gasteiger partial charge on any atom is -0.376 e. The van der Waals surface area contributed by atoms with Crippen LogP contribution in [0.25, 0.3) is 0 Å². The van der Waals surface area contributed by atoms with Gasteiger partial charge < -0.3 is 4.74 Å². The Morgan fingerprint density at radius 1 is 0.636 bits per heavy atom. The number of hydrogen-bond acceptors (Lipinski definition) is 1. The van der Waals surface area contributed by atoms with E-state index in [-0.39, 0.29) is 10.9 Å². The summed E-state index contributed by atoms with van der Waals surface area (Å²) in [5.74, 6) is 4.05. The molecule has 3 aromatic rings. The zero-order chi connectivity index (χ0) is 22.1. The van der Waals surface area contributed by atoms with Gasteiger partial charge in [0.1, 0.15) is 5.75 Å². The Morgan fingerprint density at radius 3 is 1.79 bits per heavy atom. The second kappa shape index (κ2) is 9.31. The van der Waals surface area contributed by atoms with E-state index in [1.165, 1.54) is 59.4 Å². The van der Waals surface area contributed by atoms with Crippen molar-refractivity contribution in [2.75, 3.05) is 6.61 Å². The molecule has 4 fully saturated rings. The molecule has 0 spiro atoms. The molecule has 33 heavy (non-hydrogen) atoms. The Labute approximate surface area is 201 Å². The van der Waals surface area contributed by atoms with Crippen molar-refractivity contribution in [3.8, 4) is 0 Å². The average Bonchev–Trinajstić information content (AvgIpc) is 2.83. The van der Waals surface area contributed by atoms with Crippen LogP contribution in [0, 0.1) is 23.2 Å². The van der Waals surface area contributed by atoms with E-state index in [4.69, 9.17) is 4.74 Å². The van der Waals surface area contributed by atoms with Crippen molar-refractivity contribution in [2.24, 2.45) is 23.2 Å². The average molecular weight is 456 g/mol. The van der Waals surface area contributed by atoms with Crippen LogP contribution in [0.5, 0.6) is 0 Å². The normalized spacial score (nSPS) is 28.7. The van der Waals surface area contributed by atoms with Gasteiger partial charge in [-0.25, -0.2) is 0 Å². The summed E-state index contributed by atoms with van der Waals surface area (Å²) >= 11 is 0. The van der Waals surface area contributed by atoms with Crippen molar-refractivity contribution < 1.29 is 4.74 Å². The Bertz CT molecular complexity index is 1010. The van der Waals surface area contributed by atoms with Crippen LogP contribution in [0.1, 0.15) is 49.7 Å². The highest BCUT2D eigenvalue weighted by molar-refractivity contribution is 7.96. The Hall–Kier alpha value is -2.03. The molecule has 4 aliphatic carbocycles. The Kier molecular flexibility index (Phi) is 6.07. The lowest BCUT2D eigenvalue weighted by Crippen LogP contribution is -2.48. The molecule has 0 aliphatic heterocycles. The summed E-state index contributed by atoms with van der Waals surface area (Å²) in [4.78, 5) is 2.82. The number of ether oxygens (including phenoxy) is 1. The van der Waals surface area contributed by atoms with E-state index in [9.17, 15) is 0 Å². The van der Waals surface area contributed by atoms with Crippen LogP contribution in [0.3, 0.4) is 0 Å². The van der Waals surface area contributed by atoms with Crippen molar-refractivity contribution in [2.45, 2.75) is 60.7 Å². The summed E-state index contributed by atoms with van der Waals surface area (Å²) in [7, 11) is 0.0354. The molecule has 0 N–H and O–H groups in total. The summed E-state index contributed by atoms with van der Waals surface area (Å²) in [6.45, 7) is 1.72. The first-order valence-electron chi connectivity index (χ1n) is 12.7. The van der Waals surface area contributed by atoms with E-state index < -0.39 is 0 Å². The molecular formula is C31H35OS+. The monoisotopic (exact) mass is 455 g/mol. The second-order valence-corrected chi connectivity index (χ2v) is 12.9.